The highest BCUT2D eigenvalue weighted by atomic mass is 32.2. The highest BCUT2D eigenvalue weighted by Crippen LogP contribution is 2.75. The summed E-state index contributed by atoms with van der Waals surface area (Å²) in [6, 6.07) is 7.98. The summed E-state index contributed by atoms with van der Waals surface area (Å²) in [6.07, 6.45) is 0. The van der Waals surface area contributed by atoms with Crippen LogP contribution in [0.3, 0.4) is 0 Å². The second-order valence-electron chi connectivity index (χ2n) is 3.25. The largest absolute Gasteiger partial charge is 0.654 e. The van der Waals surface area contributed by atoms with Crippen molar-refractivity contribution in [1.82, 2.24) is 0 Å². The molecule has 0 fully saturated rings. The van der Waals surface area contributed by atoms with Gasteiger partial charge in [0.2, 0.25) is 0 Å². The minimum Gasteiger partial charge on any atom is -0.654 e. The summed E-state index contributed by atoms with van der Waals surface area (Å²) >= 11 is 2.98. The van der Waals surface area contributed by atoms with Crippen LogP contribution in [0.4, 0.5) is 0 Å². The Labute approximate surface area is 111 Å². The average Bonchev–Trinajstić information content (AvgIpc) is 2.74. The molecule has 0 aliphatic carbocycles. The highest BCUT2D eigenvalue weighted by Gasteiger charge is 2.33. The first-order chi connectivity index (χ1) is 8.19. The maximum atomic E-state index is 12.6. The van der Waals surface area contributed by atoms with Crippen molar-refractivity contribution in [2.75, 3.05) is 13.2 Å². The Morgan fingerprint density at radius 2 is 1.59 bits per heavy atom. The predicted octanol–water partition coefficient (Wildman–Crippen LogP) is 3.53. The number of thioether (sulfide) groups is 2. The molecular formula is C11H14O3PS2-. The third-order valence-corrected chi connectivity index (χ3v) is 7.73. The molecule has 1 aromatic carbocycles. The van der Waals surface area contributed by atoms with Gasteiger partial charge in [-0.15, -0.1) is 0 Å². The molecule has 3 nitrogen and oxygen atoms in total. The maximum Gasteiger partial charge on any atom is 0.124 e. The Morgan fingerprint density at radius 3 is 2.00 bits per heavy atom. The molecule has 0 saturated heterocycles. The molecule has 0 amide bonds. The van der Waals surface area contributed by atoms with Crippen LogP contribution in [0.15, 0.2) is 34.1 Å². The van der Waals surface area contributed by atoms with Gasteiger partial charge in [-0.2, -0.15) is 0 Å². The lowest BCUT2D eigenvalue weighted by Crippen LogP contribution is -2.18. The van der Waals surface area contributed by atoms with Crippen LogP contribution < -0.4 is 4.89 Å². The quantitative estimate of drug-likeness (QED) is 0.612. The van der Waals surface area contributed by atoms with Gasteiger partial charge in [0.15, 0.2) is 0 Å². The Morgan fingerprint density at radius 1 is 1.12 bits per heavy atom. The minimum absolute atomic E-state index is 0.387. The molecule has 0 aromatic heterocycles. The minimum atomic E-state index is -3.11. The van der Waals surface area contributed by atoms with Crippen LogP contribution in [0.1, 0.15) is 13.8 Å². The van der Waals surface area contributed by atoms with E-state index in [-0.39, 0.29) is 0 Å². The summed E-state index contributed by atoms with van der Waals surface area (Å²) in [5.74, 6) is 0. The first-order valence-electron chi connectivity index (χ1n) is 5.41. The summed E-state index contributed by atoms with van der Waals surface area (Å²) in [5, 5.41) is 0. The van der Waals surface area contributed by atoms with Gasteiger partial charge >= 0.3 is 0 Å². The number of hydrogen-bond donors (Lipinski definition) is 0. The molecule has 0 saturated carbocycles. The normalized spacial score (nSPS) is 16.2. The van der Waals surface area contributed by atoms with Gasteiger partial charge in [0, 0.05) is 4.32 Å². The van der Waals surface area contributed by atoms with Crippen molar-refractivity contribution in [2.24, 2.45) is 0 Å². The molecular weight excluding hydrogens is 275 g/mol. The molecule has 0 bridgehead atoms. The fourth-order valence-electron chi connectivity index (χ4n) is 1.42. The van der Waals surface area contributed by atoms with E-state index in [1.807, 2.05) is 38.1 Å². The SMILES string of the molecule is CCO[P+]([O-])(OCC)[C-]1Sc2ccccc2S1. The molecule has 1 heterocycles. The molecule has 1 aliphatic rings. The molecule has 2 rings (SSSR count). The van der Waals surface area contributed by atoms with Crippen LogP contribution in [0.25, 0.3) is 0 Å². The van der Waals surface area contributed by atoms with Crippen LogP contribution in [0.5, 0.6) is 0 Å². The molecule has 0 unspecified atom stereocenters. The lowest BCUT2D eigenvalue weighted by molar-refractivity contribution is -0.215. The van der Waals surface area contributed by atoms with E-state index < -0.39 is 7.94 Å². The van der Waals surface area contributed by atoms with E-state index in [0.717, 1.165) is 14.1 Å². The van der Waals surface area contributed by atoms with Crippen LogP contribution in [0.2, 0.25) is 0 Å². The Kier molecular flexibility index (Phi) is 4.75. The summed E-state index contributed by atoms with van der Waals surface area (Å²) in [4.78, 5) is 14.8. The molecule has 0 radical (unpaired) electrons. The van der Waals surface area contributed by atoms with Gasteiger partial charge in [0.05, 0.1) is 13.2 Å². The number of rotatable bonds is 5. The maximum absolute atomic E-state index is 12.6. The molecule has 17 heavy (non-hydrogen) atoms. The highest BCUT2D eigenvalue weighted by molar-refractivity contribution is 8.30. The van der Waals surface area contributed by atoms with E-state index >= 15 is 0 Å². The summed E-state index contributed by atoms with van der Waals surface area (Å²) in [7, 11) is -3.11. The second-order valence-corrected chi connectivity index (χ2v) is 8.18. The van der Waals surface area contributed by atoms with Gasteiger partial charge in [0.25, 0.3) is 0 Å². The van der Waals surface area contributed by atoms with Crippen molar-refractivity contribution in [3.8, 4) is 0 Å². The monoisotopic (exact) mass is 289 g/mol. The number of fused-ring (bicyclic) bond motifs is 1. The lowest BCUT2D eigenvalue weighted by atomic mass is 10.4. The number of benzene rings is 1. The molecule has 94 valence electrons. The molecule has 1 aromatic rings. The fraction of sp³-hybridized carbons (Fsp3) is 0.364. The Bertz CT molecular complexity index is 358. The van der Waals surface area contributed by atoms with E-state index in [2.05, 4.69) is 0 Å². The molecule has 0 atom stereocenters. The third kappa shape index (κ3) is 2.98. The molecule has 6 heteroatoms. The smallest absolute Gasteiger partial charge is 0.124 e. The van der Waals surface area contributed by atoms with Gasteiger partial charge in [-0.25, -0.2) is 9.05 Å². The van der Waals surface area contributed by atoms with Gasteiger partial charge in [0.1, 0.15) is 7.94 Å². The van der Waals surface area contributed by atoms with Crippen LogP contribution in [-0.4, -0.2) is 13.2 Å². The summed E-state index contributed by atoms with van der Waals surface area (Å²) in [5.41, 5.74) is 0. The molecule has 0 N–H and O–H groups in total. The third-order valence-electron chi connectivity index (χ3n) is 2.07. The fourth-order valence-corrected chi connectivity index (χ4v) is 6.47. The zero-order valence-electron chi connectivity index (χ0n) is 9.71. The van der Waals surface area contributed by atoms with Crippen molar-refractivity contribution >= 4 is 31.5 Å². The average molecular weight is 289 g/mol. The first kappa shape index (κ1) is 13.7. The van der Waals surface area contributed by atoms with Crippen molar-refractivity contribution in [2.45, 2.75) is 23.6 Å². The number of hydrogen-bond acceptors (Lipinski definition) is 5. The van der Waals surface area contributed by atoms with Crippen molar-refractivity contribution < 1.29 is 13.9 Å². The van der Waals surface area contributed by atoms with Gasteiger partial charge < -0.3 is 4.89 Å². The predicted molar refractivity (Wildman–Crippen MR) is 71.6 cm³/mol. The van der Waals surface area contributed by atoms with E-state index in [0.29, 0.717) is 13.2 Å². The van der Waals surface area contributed by atoms with Crippen LogP contribution in [0, 0.1) is 4.32 Å². The lowest BCUT2D eigenvalue weighted by Gasteiger charge is -2.40. The van der Waals surface area contributed by atoms with Crippen molar-refractivity contribution in [3.63, 3.8) is 0 Å². The standard InChI is InChI=1S/C11H14O3PS2/c1-3-13-15(12,14-4-2)11-16-9-7-5-6-8-10(9)17-11/h5-8H,3-4H2,1-2H3/q-1. The van der Waals surface area contributed by atoms with Crippen molar-refractivity contribution in [1.29, 1.82) is 0 Å². The summed E-state index contributed by atoms with van der Waals surface area (Å²) in [6.45, 7) is 4.42. The van der Waals surface area contributed by atoms with Gasteiger partial charge in [-0.05, 0) is 23.6 Å². The zero-order valence-corrected chi connectivity index (χ0v) is 12.2. The summed E-state index contributed by atoms with van der Waals surface area (Å²) < 4.78 is 11.4. The van der Waals surface area contributed by atoms with Crippen LogP contribution >= 0.6 is 31.5 Å². The molecule has 1 aliphatic heterocycles. The second kappa shape index (κ2) is 5.91. The first-order valence-corrected chi connectivity index (χ1v) is 8.58. The van der Waals surface area contributed by atoms with Gasteiger partial charge in [-0.3, -0.25) is 23.5 Å². The van der Waals surface area contributed by atoms with E-state index in [1.54, 1.807) is 0 Å². The Balaban J connectivity index is 2.14. The van der Waals surface area contributed by atoms with E-state index in [1.165, 1.54) is 23.5 Å². The van der Waals surface area contributed by atoms with Gasteiger partial charge in [-0.1, -0.05) is 24.3 Å². The topological polar surface area (TPSA) is 41.5 Å². The van der Waals surface area contributed by atoms with Crippen LogP contribution in [-0.2, 0) is 9.05 Å². The van der Waals surface area contributed by atoms with E-state index in [9.17, 15) is 4.89 Å². The Hall–Kier alpha value is 0.230. The van der Waals surface area contributed by atoms with Crippen molar-refractivity contribution in [3.05, 3.63) is 28.6 Å². The van der Waals surface area contributed by atoms with E-state index in [4.69, 9.17) is 9.05 Å². The zero-order chi connectivity index (χ0) is 12.3. The molecule has 0 spiro atoms.